The standard InChI is InChI=1S/C22H26ClFN6O/c1-13(31)29-7-6-19(18(24)12-29)30-11-14(8-27-30)16-9-25-22-20(17(23)10-26-22)21(16)28-15-4-2-3-5-15/h8-11,15,18-19H,2-7,12H2,1H3,(H2,25,26,28)/t18-,19?/m0/s1. The lowest BCUT2D eigenvalue weighted by Crippen LogP contribution is -2.44. The molecular weight excluding hydrogens is 419 g/mol. The Morgan fingerprint density at radius 2 is 2.10 bits per heavy atom. The van der Waals surface area contributed by atoms with Crippen LogP contribution in [0, 0.1) is 0 Å². The fourth-order valence-corrected chi connectivity index (χ4v) is 5.07. The van der Waals surface area contributed by atoms with Gasteiger partial charge in [-0.1, -0.05) is 24.4 Å². The van der Waals surface area contributed by atoms with Gasteiger partial charge in [0.15, 0.2) is 0 Å². The lowest BCUT2D eigenvalue weighted by molar-refractivity contribution is -0.131. The molecule has 1 unspecified atom stereocenters. The maximum absolute atomic E-state index is 14.8. The van der Waals surface area contributed by atoms with Crippen LogP contribution in [0.1, 0.15) is 45.1 Å². The lowest BCUT2D eigenvalue weighted by Gasteiger charge is -2.34. The van der Waals surface area contributed by atoms with E-state index in [1.807, 2.05) is 12.4 Å². The SMILES string of the molecule is CC(=O)N1CCC(n2cc(-c3cnc4[nH]cc(Cl)c4c3NC3CCCC3)cn2)[C@@H](F)C1. The van der Waals surface area contributed by atoms with E-state index in [4.69, 9.17) is 11.6 Å². The molecule has 2 aliphatic rings. The molecular formula is C22H26ClFN6O. The third-order valence-corrected chi connectivity index (χ3v) is 6.86. The topological polar surface area (TPSA) is 78.8 Å². The van der Waals surface area contributed by atoms with Gasteiger partial charge in [-0.15, -0.1) is 0 Å². The molecule has 5 rings (SSSR count). The number of H-pyrrole nitrogens is 1. The number of fused-ring (bicyclic) bond motifs is 1. The van der Waals surface area contributed by atoms with Gasteiger partial charge in [-0.3, -0.25) is 9.48 Å². The number of aromatic nitrogens is 4. The number of carbonyl (C=O) groups excluding carboxylic acids is 1. The third kappa shape index (κ3) is 3.78. The number of rotatable bonds is 4. The average Bonchev–Trinajstić information content (AvgIpc) is 3.50. The van der Waals surface area contributed by atoms with Crippen LogP contribution in [0.5, 0.6) is 0 Å². The second-order valence-corrected chi connectivity index (χ2v) is 8.99. The van der Waals surface area contributed by atoms with Crippen LogP contribution in [0.2, 0.25) is 5.02 Å². The Morgan fingerprint density at radius 3 is 2.84 bits per heavy atom. The molecule has 2 atom stereocenters. The molecule has 0 spiro atoms. The molecule has 9 heteroatoms. The normalized spacial score (nSPS) is 22.4. The van der Waals surface area contributed by atoms with E-state index in [9.17, 15) is 9.18 Å². The highest BCUT2D eigenvalue weighted by Crippen LogP contribution is 2.39. The van der Waals surface area contributed by atoms with Gasteiger partial charge in [0.2, 0.25) is 5.91 Å². The van der Waals surface area contributed by atoms with Crippen molar-refractivity contribution in [1.82, 2.24) is 24.6 Å². The summed E-state index contributed by atoms with van der Waals surface area (Å²) in [4.78, 5) is 20.8. The number of aromatic amines is 1. The largest absolute Gasteiger partial charge is 0.381 e. The maximum Gasteiger partial charge on any atom is 0.219 e. The predicted octanol–water partition coefficient (Wildman–Crippen LogP) is 4.57. The second-order valence-electron chi connectivity index (χ2n) is 8.58. The highest BCUT2D eigenvalue weighted by Gasteiger charge is 2.32. The minimum atomic E-state index is -1.15. The van der Waals surface area contributed by atoms with Crippen LogP contribution in [0.3, 0.4) is 0 Å². The number of carbonyl (C=O) groups is 1. The highest BCUT2D eigenvalue weighted by atomic mass is 35.5. The van der Waals surface area contributed by atoms with Gasteiger partial charge in [0.1, 0.15) is 11.8 Å². The molecule has 1 saturated heterocycles. The zero-order valence-electron chi connectivity index (χ0n) is 17.4. The number of pyridine rings is 1. The molecule has 0 radical (unpaired) electrons. The van der Waals surface area contributed by atoms with E-state index in [1.165, 1.54) is 19.8 Å². The summed E-state index contributed by atoms with van der Waals surface area (Å²) >= 11 is 6.49. The number of nitrogens with one attached hydrogen (secondary N) is 2. The van der Waals surface area contributed by atoms with Crippen LogP contribution in [0.4, 0.5) is 10.1 Å². The van der Waals surface area contributed by atoms with E-state index in [1.54, 1.807) is 22.0 Å². The van der Waals surface area contributed by atoms with Crippen molar-refractivity contribution in [1.29, 1.82) is 0 Å². The quantitative estimate of drug-likeness (QED) is 0.618. The Kier molecular flexibility index (Phi) is 5.33. The van der Waals surface area contributed by atoms with Crippen molar-refractivity contribution in [2.45, 2.75) is 57.3 Å². The van der Waals surface area contributed by atoms with E-state index in [0.29, 0.717) is 24.0 Å². The molecule has 1 aliphatic heterocycles. The number of alkyl halides is 1. The zero-order valence-corrected chi connectivity index (χ0v) is 18.2. The Balaban J connectivity index is 1.48. The number of piperidine rings is 1. The minimum absolute atomic E-state index is 0.0901. The van der Waals surface area contributed by atoms with Gasteiger partial charge >= 0.3 is 0 Å². The molecule has 3 aromatic heterocycles. The van der Waals surface area contributed by atoms with Gasteiger partial charge in [-0.05, 0) is 19.3 Å². The first-order chi connectivity index (χ1) is 15.0. The summed E-state index contributed by atoms with van der Waals surface area (Å²) in [6.07, 6.45) is 11.3. The van der Waals surface area contributed by atoms with E-state index < -0.39 is 6.17 Å². The van der Waals surface area contributed by atoms with Crippen LogP contribution in [-0.2, 0) is 4.79 Å². The Morgan fingerprint density at radius 1 is 1.29 bits per heavy atom. The number of likely N-dealkylation sites (tertiary alicyclic amines) is 1. The maximum atomic E-state index is 14.8. The third-order valence-electron chi connectivity index (χ3n) is 6.56. The van der Waals surface area contributed by atoms with Gasteiger partial charge in [-0.25, -0.2) is 9.37 Å². The summed E-state index contributed by atoms with van der Waals surface area (Å²) in [5, 5.41) is 9.67. The summed E-state index contributed by atoms with van der Waals surface area (Å²) in [5.41, 5.74) is 3.46. The Bertz CT molecular complexity index is 1100. The van der Waals surface area contributed by atoms with Gasteiger partial charge in [0, 0.05) is 49.2 Å². The number of nitrogens with zero attached hydrogens (tertiary/aromatic N) is 4. The number of hydrogen-bond acceptors (Lipinski definition) is 4. The molecule has 164 valence electrons. The van der Waals surface area contributed by atoms with Crippen LogP contribution < -0.4 is 5.32 Å². The molecule has 1 amide bonds. The van der Waals surface area contributed by atoms with Gasteiger partial charge < -0.3 is 15.2 Å². The van der Waals surface area contributed by atoms with E-state index in [-0.39, 0.29) is 18.5 Å². The first-order valence-corrected chi connectivity index (χ1v) is 11.3. The molecule has 2 fully saturated rings. The van der Waals surface area contributed by atoms with Gasteiger partial charge in [0.05, 0.1) is 34.9 Å². The average molecular weight is 445 g/mol. The predicted molar refractivity (Wildman–Crippen MR) is 119 cm³/mol. The summed E-state index contributed by atoms with van der Waals surface area (Å²) in [7, 11) is 0. The molecule has 7 nitrogen and oxygen atoms in total. The minimum Gasteiger partial charge on any atom is -0.381 e. The Hall–Kier alpha value is -2.61. The number of hydrogen-bond donors (Lipinski definition) is 2. The molecule has 0 bridgehead atoms. The van der Waals surface area contributed by atoms with E-state index >= 15 is 0 Å². The molecule has 2 N–H and O–H groups in total. The molecule has 3 aromatic rings. The summed E-state index contributed by atoms with van der Waals surface area (Å²) in [6.45, 7) is 2.12. The van der Waals surface area contributed by atoms with Crippen LogP contribution in [0.25, 0.3) is 22.2 Å². The van der Waals surface area contributed by atoms with Crippen molar-refractivity contribution < 1.29 is 9.18 Å². The summed E-state index contributed by atoms with van der Waals surface area (Å²) < 4.78 is 16.5. The number of halogens is 2. The molecule has 1 saturated carbocycles. The first kappa shape index (κ1) is 20.3. The number of anilines is 1. The zero-order chi connectivity index (χ0) is 21.5. The van der Waals surface area contributed by atoms with Crippen molar-refractivity contribution in [3.8, 4) is 11.1 Å². The van der Waals surface area contributed by atoms with Crippen molar-refractivity contribution in [3.63, 3.8) is 0 Å². The fourth-order valence-electron chi connectivity index (χ4n) is 4.84. The monoisotopic (exact) mass is 444 g/mol. The fraction of sp³-hybridized carbons (Fsp3) is 0.500. The van der Waals surface area contributed by atoms with Crippen LogP contribution >= 0.6 is 11.6 Å². The van der Waals surface area contributed by atoms with E-state index in [0.717, 1.165) is 40.7 Å². The van der Waals surface area contributed by atoms with Crippen molar-refractivity contribution >= 4 is 34.2 Å². The summed E-state index contributed by atoms with van der Waals surface area (Å²) in [6, 6.07) is 0.0135. The summed E-state index contributed by atoms with van der Waals surface area (Å²) in [5.74, 6) is -0.0901. The van der Waals surface area contributed by atoms with Crippen LogP contribution in [0.15, 0.2) is 24.8 Å². The molecule has 31 heavy (non-hydrogen) atoms. The van der Waals surface area contributed by atoms with Crippen molar-refractivity contribution in [3.05, 3.63) is 29.8 Å². The van der Waals surface area contributed by atoms with Crippen LogP contribution in [-0.4, -0.2) is 55.9 Å². The van der Waals surface area contributed by atoms with Crippen molar-refractivity contribution in [2.24, 2.45) is 0 Å². The van der Waals surface area contributed by atoms with Gasteiger partial charge in [-0.2, -0.15) is 5.10 Å². The smallest absolute Gasteiger partial charge is 0.219 e. The van der Waals surface area contributed by atoms with Crippen molar-refractivity contribution in [2.75, 3.05) is 18.4 Å². The van der Waals surface area contributed by atoms with E-state index in [2.05, 4.69) is 20.4 Å². The molecule has 1 aliphatic carbocycles. The first-order valence-electron chi connectivity index (χ1n) is 10.9. The lowest BCUT2D eigenvalue weighted by atomic mass is 10.0. The molecule has 4 heterocycles. The number of amides is 1. The Labute approximate surface area is 185 Å². The molecule has 0 aromatic carbocycles. The second kappa shape index (κ2) is 8.15. The highest BCUT2D eigenvalue weighted by molar-refractivity contribution is 6.36. The van der Waals surface area contributed by atoms with Gasteiger partial charge in [0.25, 0.3) is 0 Å².